The Hall–Kier alpha value is -1.54. The smallest absolute Gasteiger partial charge is 0.230 e. The van der Waals surface area contributed by atoms with Gasteiger partial charge in [-0.15, -0.1) is 0 Å². The lowest BCUT2D eigenvalue weighted by molar-refractivity contribution is -0.120. The SMILES string of the molecule is CCCc1ccc(N(C[C@@H](N)[C@@H](C)I)C(=O)[C@@H]2C[C@H]2c2cccc(F)n2)cc1. The zero-order valence-corrected chi connectivity index (χ0v) is 18.5. The van der Waals surface area contributed by atoms with Crippen molar-refractivity contribution < 1.29 is 9.18 Å². The monoisotopic (exact) mass is 495 g/mol. The molecule has 1 aliphatic carbocycles. The quantitative estimate of drug-likeness (QED) is 0.334. The van der Waals surface area contributed by atoms with Gasteiger partial charge in [-0.25, -0.2) is 4.98 Å². The molecule has 2 aromatic rings. The summed E-state index contributed by atoms with van der Waals surface area (Å²) in [5.41, 5.74) is 9.08. The van der Waals surface area contributed by atoms with E-state index in [1.54, 1.807) is 17.0 Å². The maximum atomic E-state index is 13.4. The van der Waals surface area contributed by atoms with Crippen molar-refractivity contribution >= 4 is 34.2 Å². The number of hydrogen-bond acceptors (Lipinski definition) is 3. The molecule has 1 fully saturated rings. The van der Waals surface area contributed by atoms with Crippen LogP contribution >= 0.6 is 22.6 Å². The Morgan fingerprint density at radius 2 is 2.04 bits per heavy atom. The Bertz CT molecular complexity index is 812. The van der Waals surface area contributed by atoms with Crippen molar-refractivity contribution in [1.82, 2.24) is 4.98 Å². The highest BCUT2D eigenvalue weighted by Crippen LogP contribution is 2.48. The average molecular weight is 495 g/mol. The highest BCUT2D eigenvalue weighted by Gasteiger charge is 2.47. The number of carbonyl (C=O) groups excluding carboxylic acids is 1. The molecular formula is C22H27FIN3O. The molecule has 6 heteroatoms. The summed E-state index contributed by atoms with van der Waals surface area (Å²) < 4.78 is 13.7. The lowest BCUT2D eigenvalue weighted by Crippen LogP contribution is -2.45. The van der Waals surface area contributed by atoms with Crippen LogP contribution in [0.4, 0.5) is 10.1 Å². The summed E-state index contributed by atoms with van der Waals surface area (Å²) in [5.74, 6) is -0.633. The molecule has 28 heavy (non-hydrogen) atoms. The summed E-state index contributed by atoms with van der Waals surface area (Å²) in [6, 6.07) is 12.8. The van der Waals surface area contributed by atoms with Crippen LogP contribution in [0.3, 0.4) is 0 Å². The van der Waals surface area contributed by atoms with Crippen molar-refractivity contribution in [3.05, 3.63) is 59.7 Å². The number of rotatable bonds is 8. The minimum absolute atomic E-state index is 0.0154. The number of aromatic nitrogens is 1. The van der Waals surface area contributed by atoms with Gasteiger partial charge >= 0.3 is 0 Å². The topological polar surface area (TPSA) is 59.2 Å². The summed E-state index contributed by atoms with van der Waals surface area (Å²) in [4.78, 5) is 19.1. The van der Waals surface area contributed by atoms with Gasteiger partial charge in [-0.2, -0.15) is 4.39 Å². The fourth-order valence-electron chi connectivity index (χ4n) is 3.44. The number of pyridine rings is 1. The number of aryl methyl sites for hydroxylation is 1. The number of benzene rings is 1. The van der Waals surface area contributed by atoms with E-state index in [1.807, 2.05) is 12.1 Å². The van der Waals surface area contributed by atoms with E-state index in [1.165, 1.54) is 11.6 Å². The second-order valence-electron chi connectivity index (χ2n) is 7.54. The van der Waals surface area contributed by atoms with E-state index in [0.717, 1.165) is 18.5 Å². The van der Waals surface area contributed by atoms with E-state index >= 15 is 0 Å². The van der Waals surface area contributed by atoms with Crippen molar-refractivity contribution in [3.63, 3.8) is 0 Å². The summed E-state index contributed by atoms with van der Waals surface area (Å²) in [6.45, 7) is 4.67. The zero-order valence-electron chi connectivity index (χ0n) is 16.3. The summed E-state index contributed by atoms with van der Waals surface area (Å²) >= 11 is 2.30. The van der Waals surface area contributed by atoms with E-state index in [0.29, 0.717) is 18.7 Å². The predicted octanol–water partition coefficient (Wildman–Crippen LogP) is 4.46. The minimum Gasteiger partial charge on any atom is -0.325 e. The number of anilines is 1. The van der Waals surface area contributed by atoms with Crippen LogP contribution < -0.4 is 10.6 Å². The maximum absolute atomic E-state index is 13.4. The van der Waals surface area contributed by atoms with Gasteiger partial charge in [0.15, 0.2) is 0 Å². The molecule has 0 spiro atoms. The lowest BCUT2D eigenvalue weighted by atomic mass is 10.1. The highest BCUT2D eigenvalue weighted by molar-refractivity contribution is 14.1. The molecule has 0 saturated heterocycles. The molecule has 1 saturated carbocycles. The molecule has 4 nitrogen and oxygen atoms in total. The van der Waals surface area contributed by atoms with Gasteiger partial charge in [0.1, 0.15) is 0 Å². The Morgan fingerprint density at radius 3 is 2.64 bits per heavy atom. The second-order valence-corrected chi connectivity index (χ2v) is 9.51. The Kier molecular flexibility index (Phi) is 7.04. The molecule has 0 unspecified atom stereocenters. The van der Waals surface area contributed by atoms with E-state index in [-0.39, 0.29) is 27.7 Å². The number of nitrogens with zero attached hydrogens (tertiary/aromatic N) is 2. The molecular weight excluding hydrogens is 468 g/mol. The third-order valence-electron chi connectivity index (χ3n) is 5.26. The van der Waals surface area contributed by atoms with Crippen molar-refractivity contribution in [1.29, 1.82) is 0 Å². The van der Waals surface area contributed by atoms with E-state index in [2.05, 4.69) is 53.6 Å². The van der Waals surface area contributed by atoms with Gasteiger partial charge in [0.2, 0.25) is 11.9 Å². The first-order valence-corrected chi connectivity index (χ1v) is 11.1. The van der Waals surface area contributed by atoms with Crippen molar-refractivity contribution in [2.45, 2.75) is 49.0 Å². The van der Waals surface area contributed by atoms with Crippen molar-refractivity contribution in [2.24, 2.45) is 11.7 Å². The highest BCUT2D eigenvalue weighted by atomic mass is 127. The van der Waals surface area contributed by atoms with Gasteiger partial charge < -0.3 is 10.6 Å². The van der Waals surface area contributed by atoms with Crippen LogP contribution in [0.1, 0.15) is 43.9 Å². The molecule has 3 rings (SSSR count). The van der Waals surface area contributed by atoms with Crippen LogP contribution in [-0.4, -0.2) is 27.4 Å². The number of amides is 1. The third-order valence-corrected chi connectivity index (χ3v) is 6.18. The van der Waals surface area contributed by atoms with Crippen LogP contribution in [-0.2, 0) is 11.2 Å². The summed E-state index contributed by atoms with van der Waals surface area (Å²) in [7, 11) is 0. The Labute approximate surface area is 179 Å². The van der Waals surface area contributed by atoms with Gasteiger partial charge in [-0.05, 0) is 42.7 Å². The standard InChI is InChI=1S/C22H27FIN3O/c1-3-5-15-8-10-16(11-9-15)27(13-19(25)14(2)24)22(28)18-12-17(18)20-6-4-7-21(23)26-20/h4,6-11,14,17-19H,3,5,12-13,25H2,1-2H3/t14-,17-,18-,19-/m1/s1. The first-order chi connectivity index (χ1) is 13.4. The molecule has 1 heterocycles. The Balaban J connectivity index is 1.79. The molecule has 0 bridgehead atoms. The maximum Gasteiger partial charge on any atom is 0.230 e. The van der Waals surface area contributed by atoms with Gasteiger partial charge in [0, 0.05) is 39.7 Å². The van der Waals surface area contributed by atoms with Gasteiger partial charge in [-0.1, -0.05) is 61.1 Å². The van der Waals surface area contributed by atoms with Gasteiger partial charge in [0.25, 0.3) is 0 Å². The minimum atomic E-state index is -0.500. The molecule has 1 aliphatic rings. The number of alkyl halides is 1. The molecule has 2 N–H and O–H groups in total. The van der Waals surface area contributed by atoms with Crippen LogP contribution in [0, 0.1) is 11.9 Å². The van der Waals surface area contributed by atoms with Gasteiger partial charge in [-0.3, -0.25) is 4.79 Å². The lowest BCUT2D eigenvalue weighted by Gasteiger charge is -2.28. The molecule has 1 aromatic carbocycles. The first kappa shape index (κ1) is 21.2. The number of halogens is 2. The molecule has 0 radical (unpaired) electrons. The number of hydrogen-bond donors (Lipinski definition) is 1. The molecule has 0 aliphatic heterocycles. The largest absolute Gasteiger partial charge is 0.325 e. The average Bonchev–Trinajstić information content (AvgIpc) is 3.47. The molecule has 150 valence electrons. The molecule has 1 amide bonds. The number of carbonyl (C=O) groups is 1. The molecule has 4 atom stereocenters. The van der Waals surface area contributed by atoms with Crippen LogP contribution in [0.15, 0.2) is 42.5 Å². The molecule has 1 aromatic heterocycles. The first-order valence-electron chi connectivity index (χ1n) is 9.83. The predicted molar refractivity (Wildman–Crippen MR) is 119 cm³/mol. The van der Waals surface area contributed by atoms with Crippen LogP contribution in [0.5, 0.6) is 0 Å². The zero-order chi connectivity index (χ0) is 20.3. The van der Waals surface area contributed by atoms with Crippen LogP contribution in [0.2, 0.25) is 0 Å². The number of nitrogens with two attached hydrogens (primary N) is 1. The fraction of sp³-hybridized carbons (Fsp3) is 0.455. The van der Waals surface area contributed by atoms with E-state index in [4.69, 9.17) is 5.73 Å². The van der Waals surface area contributed by atoms with Crippen molar-refractivity contribution in [2.75, 3.05) is 11.4 Å². The van der Waals surface area contributed by atoms with Crippen molar-refractivity contribution in [3.8, 4) is 0 Å². The Morgan fingerprint density at radius 1 is 1.32 bits per heavy atom. The fourth-order valence-corrected chi connectivity index (χ4v) is 3.66. The van der Waals surface area contributed by atoms with Gasteiger partial charge in [0.05, 0.1) is 0 Å². The summed E-state index contributed by atoms with van der Waals surface area (Å²) in [6.07, 6.45) is 2.81. The van der Waals surface area contributed by atoms with E-state index < -0.39 is 5.95 Å². The summed E-state index contributed by atoms with van der Waals surface area (Å²) in [5, 5.41) is 0. The normalized spacial score (nSPS) is 20.5. The van der Waals surface area contributed by atoms with E-state index in [9.17, 15) is 9.18 Å². The third kappa shape index (κ3) is 5.08. The van der Waals surface area contributed by atoms with Crippen LogP contribution in [0.25, 0.3) is 0 Å². The second kappa shape index (κ2) is 9.31.